The Morgan fingerprint density at radius 2 is 2.24 bits per heavy atom. The average Bonchev–Trinajstić information content (AvgIpc) is 2.85. The van der Waals surface area contributed by atoms with E-state index in [-0.39, 0.29) is 5.97 Å². The van der Waals surface area contributed by atoms with E-state index in [4.69, 9.17) is 0 Å². The van der Waals surface area contributed by atoms with Gasteiger partial charge < -0.3 is 4.74 Å². The SMILES string of the molecule is COC(=O)c1ccc2c(c1)ncc1cn[nH]c12. The van der Waals surface area contributed by atoms with Crippen LogP contribution in [0.4, 0.5) is 0 Å². The van der Waals surface area contributed by atoms with Gasteiger partial charge in [-0.1, -0.05) is 0 Å². The Balaban J connectivity index is 2.30. The van der Waals surface area contributed by atoms with Crippen LogP contribution in [0.25, 0.3) is 21.8 Å². The number of hydrogen-bond acceptors (Lipinski definition) is 4. The third-order valence-corrected chi connectivity index (χ3v) is 2.70. The Kier molecular flexibility index (Phi) is 2.04. The molecule has 0 spiro atoms. The first-order valence-electron chi connectivity index (χ1n) is 5.10. The van der Waals surface area contributed by atoms with E-state index in [1.54, 1.807) is 24.5 Å². The van der Waals surface area contributed by atoms with E-state index in [9.17, 15) is 4.79 Å². The molecular formula is C12H9N3O2. The maximum absolute atomic E-state index is 11.4. The van der Waals surface area contributed by atoms with Crippen LogP contribution in [-0.4, -0.2) is 28.3 Å². The molecule has 0 aliphatic carbocycles. The Labute approximate surface area is 96.4 Å². The van der Waals surface area contributed by atoms with Crippen LogP contribution in [0.15, 0.2) is 30.6 Å². The van der Waals surface area contributed by atoms with Gasteiger partial charge in [0.25, 0.3) is 0 Å². The molecule has 0 amide bonds. The Morgan fingerprint density at radius 1 is 1.35 bits per heavy atom. The molecule has 17 heavy (non-hydrogen) atoms. The third kappa shape index (κ3) is 1.44. The van der Waals surface area contributed by atoms with Crippen molar-refractivity contribution in [3.05, 3.63) is 36.2 Å². The second-order valence-corrected chi connectivity index (χ2v) is 3.68. The van der Waals surface area contributed by atoms with Crippen LogP contribution in [-0.2, 0) is 4.74 Å². The molecular weight excluding hydrogens is 218 g/mol. The summed E-state index contributed by atoms with van der Waals surface area (Å²) in [6.07, 6.45) is 3.44. The molecule has 5 heteroatoms. The summed E-state index contributed by atoms with van der Waals surface area (Å²) in [6.45, 7) is 0. The smallest absolute Gasteiger partial charge is 0.337 e. The summed E-state index contributed by atoms with van der Waals surface area (Å²) in [7, 11) is 1.36. The van der Waals surface area contributed by atoms with Crippen molar-refractivity contribution in [2.24, 2.45) is 0 Å². The van der Waals surface area contributed by atoms with E-state index in [0.29, 0.717) is 5.56 Å². The third-order valence-electron chi connectivity index (χ3n) is 2.70. The minimum absolute atomic E-state index is 0.363. The minimum atomic E-state index is -0.363. The molecule has 1 aromatic carbocycles. The first-order valence-corrected chi connectivity index (χ1v) is 5.10. The second kappa shape index (κ2) is 3.55. The van der Waals surface area contributed by atoms with Crippen LogP contribution < -0.4 is 0 Å². The maximum Gasteiger partial charge on any atom is 0.337 e. The molecule has 1 N–H and O–H groups in total. The number of benzene rings is 1. The Hall–Kier alpha value is -2.43. The van der Waals surface area contributed by atoms with Crippen molar-refractivity contribution in [2.75, 3.05) is 7.11 Å². The lowest BCUT2D eigenvalue weighted by molar-refractivity contribution is 0.0601. The van der Waals surface area contributed by atoms with Gasteiger partial charge in [0, 0.05) is 17.0 Å². The fourth-order valence-electron chi connectivity index (χ4n) is 1.84. The molecule has 0 unspecified atom stereocenters. The van der Waals surface area contributed by atoms with Crippen LogP contribution in [0.3, 0.4) is 0 Å². The molecule has 2 aromatic heterocycles. The highest BCUT2D eigenvalue weighted by molar-refractivity contribution is 6.04. The number of nitrogens with one attached hydrogen (secondary N) is 1. The lowest BCUT2D eigenvalue weighted by atomic mass is 10.1. The van der Waals surface area contributed by atoms with E-state index in [2.05, 4.69) is 19.9 Å². The molecule has 3 aromatic rings. The molecule has 84 valence electrons. The summed E-state index contributed by atoms with van der Waals surface area (Å²) in [6, 6.07) is 5.27. The van der Waals surface area contributed by atoms with Gasteiger partial charge in [-0.2, -0.15) is 5.10 Å². The summed E-state index contributed by atoms with van der Waals surface area (Å²) in [4.78, 5) is 15.7. The number of H-pyrrole nitrogens is 1. The molecule has 0 saturated carbocycles. The van der Waals surface area contributed by atoms with Gasteiger partial charge in [0.15, 0.2) is 0 Å². The zero-order chi connectivity index (χ0) is 11.8. The van der Waals surface area contributed by atoms with Gasteiger partial charge in [-0.25, -0.2) is 4.79 Å². The number of carbonyl (C=O) groups is 1. The molecule has 0 fully saturated rings. The van der Waals surface area contributed by atoms with E-state index >= 15 is 0 Å². The number of aromatic nitrogens is 3. The molecule has 0 radical (unpaired) electrons. The van der Waals surface area contributed by atoms with Crippen LogP contribution >= 0.6 is 0 Å². The standard InChI is InChI=1S/C12H9N3O2/c1-17-12(16)7-2-3-9-10(4-7)13-5-8-6-14-15-11(8)9/h2-6H,1H3,(H,14,15). The Bertz CT molecular complexity index is 718. The zero-order valence-corrected chi connectivity index (χ0v) is 9.10. The summed E-state index contributed by atoms with van der Waals surface area (Å²) in [5, 5.41) is 8.77. The lowest BCUT2D eigenvalue weighted by Crippen LogP contribution is -2.00. The number of methoxy groups -OCH3 is 1. The average molecular weight is 227 g/mol. The number of pyridine rings is 1. The zero-order valence-electron chi connectivity index (χ0n) is 9.10. The molecule has 0 bridgehead atoms. The molecule has 0 atom stereocenters. The van der Waals surface area contributed by atoms with Crippen molar-refractivity contribution in [1.82, 2.24) is 15.2 Å². The highest BCUT2D eigenvalue weighted by Crippen LogP contribution is 2.22. The fourth-order valence-corrected chi connectivity index (χ4v) is 1.84. The highest BCUT2D eigenvalue weighted by atomic mass is 16.5. The van der Waals surface area contributed by atoms with Crippen molar-refractivity contribution >= 4 is 27.8 Å². The predicted octanol–water partition coefficient (Wildman–Crippen LogP) is 1.90. The molecule has 0 aliphatic heterocycles. The minimum Gasteiger partial charge on any atom is -0.465 e. The van der Waals surface area contributed by atoms with E-state index in [1.807, 2.05) is 6.07 Å². The summed E-state index contributed by atoms with van der Waals surface area (Å²) in [5.41, 5.74) is 2.16. The summed E-state index contributed by atoms with van der Waals surface area (Å²) >= 11 is 0. The molecule has 0 saturated heterocycles. The van der Waals surface area contributed by atoms with Crippen LogP contribution in [0.1, 0.15) is 10.4 Å². The van der Waals surface area contributed by atoms with Crippen molar-refractivity contribution in [3.8, 4) is 0 Å². The number of ether oxygens (including phenoxy) is 1. The van der Waals surface area contributed by atoms with Gasteiger partial charge in [-0.3, -0.25) is 10.1 Å². The molecule has 3 rings (SSSR count). The van der Waals surface area contributed by atoms with Gasteiger partial charge in [0.05, 0.1) is 29.9 Å². The summed E-state index contributed by atoms with van der Waals surface area (Å²) in [5.74, 6) is -0.363. The highest BCUT2D eigenvalue weighted by Gasteiger charge is 2.08. The first kappa shape index (κ1) is 9.77. The van der Waals surface area contributed by atoms with Gasteiger partial charge in [-0.05, 0) is 18.2 Å². The number of carbonyl (C=O) groups excluding carboxylic acids is 1. The van der Waals surface area contributed by atoms with Gasteiger partial charge >= 0.3 is 5.97 Å². The molecule has 5 nitrogen and oxygen atoms in total. The van der Waals surface area contributed by atoms with E-state index in [0.717, 1.165) is 21.8 Å². The number of fused-ring (bicyclic) bond motifs is 3. The number of nitrogens with zero attached hydrogens (tertiary/aromatic N) is 2. The van der Waals surface area contributed by atoms with E-state index < -0.39 is 0 Å². The normalized spacial score (nSPS) is 10.9. The number of esters is 1. The van der Waals surface area contributed by atoms with Gasteiger partial charge in [-0.15, -0.1) is 0 Å². The Morgan fingerprint density at radius 3 is 3.06 bits per heavy atom. The fraction of sp³-hybridized carbons (Fsp3) is 0.0833. The second-order valence-electron chi connectivity index (χ2n) is 3.68. The van der Waals surface area contributed by atoms with Gasteiger partial charge in [0.1, 0.15) is 0 Å². The van der Waals surface area contributed by atoms with Gasteiger partial charge in [0.2, 0.25) is 0 Å². The van der Waals surface area contributed by atoms with Crippen molar-refractivity contribution in [2.45, 2.75) is 0 Å². The van der Waals surface area contributed by atoms with Crippen molar-refractivity contribution in [3.63, 3.8) is 0 Å². The van der Waals surface area contributed by atoms with Crippen LogP contribution in [0.2, 0.25) is 0 Å². The predicted molar refractivity (Wildman–Crippen MR) is 62.7 cm³/mol. The van der Waals surface area contributed by atoms with Crippen molar-refractivity contribution < 1.29 is 9.53 Å². The monoisotopic (exact) mass is 227 g/mol. The molecule has 2 heterocycles. The number of aromatic amines is 1. The maximum atomic E-state index is 11.4. The summed E-state index contributed by atoms with van der Waals surface area (Å²) < 4.78 is 4.67. The van der Waals surface area contributed by atoms with Crippen LogP contribution in [0.5, 0.6) is 0 Å². The first-order chi connectivity index (χ1) is 8.29. The number of rotatable bonds is 1. The van der Waals surface area contributed by atoms with E-state index in [1.165, 1.54) is 7.11 Å². The van der Waals surface area contributed by atoms with Crippen LogP contribution in [0, 0.1) is 0 Å². The topological polar surface area (TPSA) is 67.9 Å². The van der Waals surface area contributed by atoms with Crippen molar-refractivity contribution in [1.29, 1.82) is 0 Å². The number of hydrogen-bond donors (Lipinski definition) is 1. The largest absolute Gasteiger partial charge is 0.465 e. The molecule has 0 aliphatic rings. The lowest BCUT2D eigenvalue weighted by Gasteiger charge is -2.02. The quantitative estimate of drug-likeness (QED) is 0.644.